The Morgan fingerprint density at radius 3 is 2.82 bits per heavy atom. The van der Waals surface area contributed by atoms with Gasteiger partial charge >= 0.3 is 0 Å². The normalized spacial score (nSPS) is 15.1. The number of rotatable bonds is 5. The molecular weight excluding hydrogens is 408 g/mol. The molecule has 1 aliphatic rings. The molecule has 1 saturated heterocycles. The molecule has 0 unspecified atom stereocenters. The average Bonchev–Trinajstić information content (AvgIpc) is 3.45. The predicted molar refractivity (Wildman–Crippen MR) is 115 cm³/mol. The Morgan fingerprint density at radius 1 is 1.18 bits per heavy atom. The molecule has 4 aromatic heterocycles. The molecule has 5 heterocycles. The quantitative estimate of drug-likeness (QED) is 0.456. The number of hydrogen-bond donors (Lipinski definition) is 1. The van der Waals surface area contributed by atoms with Gasteiger partial charge in [-0.25, -0.2) is 15.0 Å². The van der Waals surface area contributed by atoms with Crippen LogP contribution in [0.5, 0.6) is 0 Å². The van der Waals surface area contributed by atoms with Crippen molar-refractivity contribution in [1.29, 1.82) is 0 Å². The topological polar surface area (TPSA) is 70.6 Å². The maximum atomic E-state index is 4.93. The van der Waals surface area contributed by atoms with Crippen molar-refractivity contribution in [2.24, 2.45) is 0 Å². The van der Waals surface area contributed by atoms with E-state index in [4.69, 9.17) is 9.97 Å². The Hall–Kier alpha value is -1.81. The lowest BCUT2D eigenvalue weighted by Crippen LogP contribution is -2.20. The van der Waals surface area contributed by atoms with Crippen molar-refractivity contribution in [3.63, 3.8) is 0 Å². The zero-order valence-corrected chi connectivity index (χ0v) is 18.2. The van der Waals surface area contributed by atoms with Gasteiger partial charge in [0.1, 0.15) is 15.7 Å². The summed E-state index contributed by atoms with van der Waals surface area (Å²) in [6.07, 6.45) is 2.54. The first-order chi connectivity index (χ1) is 13.7. The van der Waals surface area contributed by atoms with Gasteiger partial charge in [-0.2, -0.15) is 0 Å². The predicted octanol–water partition coefficient (Wildman–Crippen LogP) is 4.90. The maximum Gasteiger partial charge on any atom is 0.215 e. The second-order valence-corrected chi connectivity index (χ2v) is 10.0. The molecule has 1 fully saturated rings. The number of thiophene rings is 2. The summed E-state index contributed by atoms with van der Waals surface area (Å²) in [5.41, 5.74) is 1.25. The van der Waals surface area contributed by atoms with Gasteiger partial charge in [0.25, 0.3) is 0 Å². The molecular formula is C19H20N6S3. The fourth-order valence-corrected chi connectivity index (χ4v) is 6.12. The summed E-state index contributed by atoms with van der Waals surface area (Å²) in [4.78, 5) is 20.3. The SMILES string of the molecule is Cc1sc2nc(CN3CCCC3)nc(Sc3n[nH]c(-c4cccs4)n3)c2c1C. The van der Waals surface area contributed by atoms with E-state index in [0.717, 1.165) is 51.4 Å². The van der Waals surface area contributed by atoms with Crippen molar-refractivity contribution < 1.29 is 0 Å². The molecule has 28 heavy (non-hydrogen) atoms. The zero-order valence-electron chi connectivity index (χ0n) is 15.7. The van der Waals surface area contributed by atoms with E-state index in [2.05, 4.69) is 33.9 Å². The molecule has 0 saturated carbocycles. The Kier molecular flexibility index (Phi) is 4.92. The molecule has 0 aromatic carbocycles. The molecule has 0 atom stereocenters. The summed E-state index contributed by atoms with van der Waals surface area (Å²) in [7, 11) is 0. The third kappa shape index (κ3) is 3.47. The molecule has 1 N–H and O–H groups in total. The van der Waals surface area contributed by atoms with E-state index < -0.39 is 0 Å². The van der Waals surface area contributed by atoms with Gasteiger partial charge in [0, 0.05) is 10.3 Å². The molecule has 6 nitrogen and oxygen atoms in total. The molecule has 0 amide bonds. The molecule has 9 heteroatoms. The monoisotopic (exact) mass is 428 g/mol. The minimum Gasteiger partial charge on any atom is -0.296 e. The van der Waals surface area contributed by atoms with Crippen LogP contribution in [0.1, 0.15) is 29.1 Å². The number of hydrogen-bond acceptors (Lipinski definition) is 8. The number of aryl methyl sites for hydroxylation is 2. The van der Waals surface area contributed by atoms with E-state index in [1.54, 1.807) is 22.7 Å². The highest BCUT2D eigenvalue weighted by Crippen LogP contribution is 2.37. The van der Waals surface area contributed by atoms with E-state index in [9.17, 15) is 0 Å². The molecule has 4 aromatic rings. The number of likely N-dealkylation sites (tertiary alicyclic amines) is 1. The first kappa shape index (κ1) is 18.2. The molecule has 1 aliphatic heterocycles. The van der Waals surface area contributed by atoms with Crippen LogP contribution >= 0.6 is 34.4 Å². The van der Waals surface area contributed by atoms with E-state index in [1.807, 2.05) is 17.5 Å². The fourth-order valence-electron chi connectivity index (χ4n) is 3.44. The lowest BCUT2D eigenvalue weighted by molar-refractivity contribution is 0.322. The Balaban J connectivity index is 1.51. The lowest BCUT2D eigenvalue weighted by atomic mass is 10.2. The second-order valence-electron chi connectivity index (χ2n) is 6.94. The maximum absolute atomic E-state index is 4.93. The van der Waals surface area contributed by atoms with Gasteiger partial charge in [0.05, 0.1) is 11.4 Å². The fraction of sp³-hybridized carbons (Fsp3) is 0.368. The van der Waals surface area contributed by atoms with Gasteiger partial charge in [-0.15, -0.1) is 27.8 Å². The standard InChI is InChI=1S/C19H20N6S3/c1-11-12(2)27-17-15(11)18(21-14(20-17)10-25-7-3-4-8-25)28-19-22-16(23-24-19)13-6-5-9-26-13/h5-6,9H,3-4,7-8,10H2,1-2H3,(H,22,23,24). The van der Waals surface area contributed by atoms with Crippen LogP contribution in [-0.4, -0.2) is 43.1 Å². The Bertz CT molecular complexity index is 1110. The Morgan fingerprint density at radius 2 is 2.04 bits per heavy atom. The zero-order chi connectivity index (χ0) is 19.1. The van der Waals surface area contributed by atoms with Gasteiger partial charge < -0.3 is 0 Å². The van der Waals surface area contributed by atoms with Crippen molar-refractivity contribution >= 4 is 44.7 Å². The molecule has 0 radical (unpaired) electrons. The summed E-state index contributed by atoms with van der Waals surface area (Å²) in [5, 5.41) is 12.3. The van der Waals surface area contributed by atoms with Crippen LogP contribution in [0.15, 0.2) is 27.7 Å². The second kappa shape index (κ2) is 7.55. The van der Waals surface area contributed by atoms with Crippen LogP contribution in [0, 0.1) is 13.8 Å². The van der Waals surface area contributed by atoms with Gasteiger partial charge in [0.2, 0.25) is 5.16 Å². The van der Waals surface area contributed by atoms with Crippen molar-refractivity contribution in [3.8, 4) is 10.7 Å². The van der Waals surface area contributed by atoms with Crippen LogP contribution in [0.25, 0.3) is 20.9 Å². The van der Waals surface area contributed by atoms with E-state index in [1.165, 1.54) is 35.0 Å². The summed E-state index contributed by atoms with van der Waals surface area (Å²) >= 11 is 4.92. The van der Waals surface area contributed by atoms with Crippen molar-refractivity contribution in [1.82, 2.24) is 30.0 Å². The van der Waals surface area contributed by atoms with Crippen LogP contribution in [0.3, 0.4) is 0 Å². The summed E-state index contributed by atoms with van der Waals surface area (Å²) in [6, 6.07) is 4.06. The molecule has 5 rings (SSSR count). The average molecular weight is 429 g/mol. The highest BCUT2D eigenvalue weighted by molar-refractivity contribution is 7.99. The van der Waals surface area contributed by atoms with Crippen molar-refractivity contribution in [2.75, 3.05) is 13.1 Å². The number of aromatic nitrogens is 5. The van der Waals surface area contributed by atoms with Gasteiger partial charge in [-0.3, -0.25) is 10.00 Å². The lowest BCUT2D eigenvalue weighted by Gasteiger charge is -2.13. The number of fused-ring (bicyclic) bond motifs is 1. The van der Waals surface area contributed by atoms with Crippen LogP contribution in [0.4, 0.5) is 0 Å². The summed E-state index contributed by atoms with van der Waals surface area (Å²) in [5.74, 6) is 1.70. The van der Waals surface area contributed by atoms with Gasteiger partial charge in [0.15, 0.2) is 5.82 Å². The van der Waals surface area contributed by atoms with Crippen LogP contribution < -0.4 is 0 Å². The first-order valence-electron chi connectivity index (χ1n) is 9.30. The summed E-state index contributed by atoms with van der Waals surface area (Å²) in [6.45, 7) is 7.39. The number of aromatic amines is 1. The van der Waals surface area contributed by atoms with E-state index >= 15 is 0 Å². The van der Waals surface area contributed by atoms with E-state index in [-0.39, 0.29) is 0 Å². The van der Waals surface area contributed by atoms with Crippen molar-refractivity contribution in [3.05, 3.63) is 33.8 Å². The molecule has 144 valence electrons. The minimum atomic E-state index is 0.693. The third-order valence-electron chi connectivity index (χ3n) is 5.01. The summed E-state index contributed by atoms with van der Waals surface area (Å²) < 4.78 is 0. The highest BCUT2D eigenvalue weighted by Gasteiger charge is 2.20. The molecule has 0 bridgehead atoms. The highest BCUT2D eigenvalue weighted by atomic mass is 32.2. The van der Waals surface area contributed by atoms with Crippen LogP contribution in [-0.2, 0) is 6.54 Å². The smallest absolute Gasteiger partial charge is 0.215 e. The van der Waals surface area contributed by atoms with Crippen LogP contribution in [0.2, 0.25) is 0 Å². The molecule has 0 spiro atoms. The number of nitrogens with zero attached hydrogens (tertiary/aromatic N) is 5. The largest absolute Gasteiger partial charge is 0.296 e. The minimum absolute atomic E-state index is 0.693. The van der Waals surface area contributed by atoms with Crippen molar-refractivity contribution in [2.45, 2.75) is 43.4 Å². The number of H-pyrrole nitrogens is 1. The van der Waals surface area contributed by atoms with Gasteiger partial charge in [-0.05, 0) is 68.6 Å². The molecule has 0 aliphatic carbocycles. The number of nitrogens with one attached hydrogen (secondary N) is 1. The third-order valence-corrected chi connectivity index (χ3v) is 7.84. The van der Waals surface area contributed by atoms with Gasteiger partial charge in [-0.1, -0.05) is 6.07 Å². The first-order valence-corrected chi connectivity index (χ1v) is 11.8. The van der Waals surface area contributed by atoms with E-state index in [0.29, 0.717) is 5.16 Å². The Labute approximate surface area is 175 Å².